The molecule has 1 heterocycles. The third-order valence-electron chi connectivity index (χ3n) is 2.29. The van der Waals surface area contributed by atoms with Gasteiger partial charge in [-0.15, -0.1) is 0 Å². The van der Waals surface area contributed by atoms with Crippen LogP contribution in [0.15, 0.2) is 4.47 Å². The summed E-state index contributed by atoms with van der Waals surface area (Å²) in [4.78, 5) is 4.18. The monoisotopic (exact) mass is 235 g/mol. The summed E-state index contributed by atoms with van der Waals surface area (Å²) in [5, 5.41) is 8.75. The van der Waals surface area contributed by atoms with E-state index < -0.39 is 0 Å². The SMILES string of the molecule is Cc1c(C#N)[c]nc(C2CC2)c1Br. The fourth-order valence-electron chi connectivity index (χ4n) is 1.29. The highest BCUT2D eigenvalue weighted by molar-refractivity contribution is 9.10. The van der Waals surface area contributed by atoms with Crippen LogP contribution in [0.2, 0.25) is 0 Å². The van der Waals surface area contributed by atoms with Gasteiger partial charge in [0, 0.05) is 10.4 Å². The van der Waals surface area contributed by atoms with Crippen LogP contribution in [-0.2, 0) is 0 Å². The molecule has 1 aromatic heterocycles. The Kier molecular flexibility index (Phi) is 2.09. The van der Waals surface area contributed by atoms with Crippen LogP contribution in [0.1, 0.15) is 35.6 Å². The summed E-state index contributed by atoms with van der Waals surface area (Å²) in [6.07, 6.45) is 5.20. The average Bonchev–Trinajstić information content (AvgIpc) is 2.93. The molecule has 0 aromatic carbocycles. The second-order valence-corrected chi connectivity index (χ2v) is 4.10. The predicted octanol–water partition coefficient (Wildman–Crippen LogP) is 2.70. The Morgan fingerprint density at radius 1 is 1.62 bits per heavy atom. The van der Waals surface area contributed by atoms with Crippen molar-refractivity contribution in [1.29, 1.82) is 5.26 Å². The minimum Gasteiger partial charge on any atom is -0.248 e. The quantitative estimate of drug-likeness (QED) is 0.751. The van der Waals surface area contributed by atoms with E-state index in [1.54, 1.807) is 0 Å². The average molecular weight is 236 g/mol. The Hall–Kier alpha value is -0.880. The molecule has 3 heteroatoms. The van der Waals surface area contributed by atoms with Gasteiger partial charge in [0.2, 0.25) is 0 Å². The lowest BCUT2D eigenvalue weighted by Crippen LogP contribution is -1.95. The third-order valence-corrected chi connectivity index (χ3v) is 3.29. The second-order valence-electron chi connectivity index (χ2n) is 3.31. The summed E-state index contributed by atoms with van der Waals surface area (Å²) >= 11 is 3.48. The van der Waals surface area contributed by atoms with E-state index >= 15 is 0 Å². The fourth-order valence-corrected chi connectivity index (χ4v) is 1.90. The van der Waals surface area contributed by atoms with Crippen LogP contribution in [-0.4, -0.2) is 4.98 Å². The first-order valence-electron chi connectivity index (χ1n) is 4.21. The van der Waals surface area contributed by atoms with Crippen LogP contribution in [0.3, 0.4) is 0 Å². The molecule has 1 aromatic rings. The highest BCUT2D eigenvalue weighted by Gasteiger charge is 2.28. The maximum absolute atomic E-state index is 8.75. The lowest BCUT2D eigenvalue weighted by molar-refractivity contribution is 0.990. The Balaban J connectivity index is 2.52. The molecule has 1 aliphatic rings. The van der Waals surface area contributed by atoms with E-state index in [0.717, 1.165) is 15.7 Å². The van der Waals surface area contributed by atoms with Crippen molar-refractivity contribution in [2.24, 2.45) is 0 Å². The van der Waals surface area contributed by atoms with Crippen molar-refractivity contribution in [1.82, 2.24) is 4.98 Å². The molecule has 0 spiro atoms. The standard InChI is InChI=1S/C10H8BrN2/c1-6-8(4-12)5-13-10(9(6)11)7-2-3-7/h7H,2-3H2,1H3. The number of nitrogens with zero attached hydrogens (tertiary/aromatic N) is 2. The smallest absolute Gasteiger partial charge is 0.108 e. The number of hydrogen-bond donors (Lipinski definition) is 0. The summed E-state index contributed by atoms with van der Waals surface area (Å²) in [5.41, 5.74) is 2.56. The molecule has 1 fully saturated rings. The molecular formula is C10H8BrN2. The molecular weight excluding hydrogens is 228 g/mol. The zero-order valence-corrected chi connectivity index (χ0v) is 8.85. The molecule has 0 aliphatic heterocycles. The van der Waals surface area contributed by atoms with Gasteiger partial charge in [-0.1, -0.05) is 0 Å². The van der Waals surface area contributed by atoms with E-state index in [4.69, 9.17) is 5.26 Å². The van der Waals surface area contributed by atoms with Crippen LogP contribution in [0.5, 0.6) is 0 Å². The van der Waals surface area contributed by atoms with Gasteiger partial charge in [0.15, 0.2) is 0 Å². The normalized spacial score (nSPS) is 15.5. The summed E-state index contributed by atoms with van der Waals surface area (Å²) in [6.45, 7) is 1.92. The van der Waals surface area contributed by atoms with E-state index in [1.165, 1.54) is 12.8 Å². The minimum absolute atomic E-state index is 0.538. The lowest BCUT2D eigenvalue weighted by Gasteiger charge is -2.04. The van der Waals surface area contributed by atoms with Crippen molar-refractivity contribution >= 4 is 15.9 Å². The summed E-state index contributed by atoms with van der Waals surface area (Å²) in [5.74, 6) is 0.595. The molecule has 2 rings (SSSR count). The van der Waals surface area contributed by atoms with Gasteiger partial charge in [-0.05, 0) is 41.3 Å². The van der Waals surface area contributed by atoms with E-state index in [2.05, 4.69) is 33.2 Å². The van der Waals surface area contributed by atoms with Gasteiger partial charge < -0.3 is 0 Å². The minimum atomic E-state index is 0.538. The lowest BCUT2D eigenvalue weighted by atomic mass is 10.1. The van der Waals surface area contributed by atoms with E-state index in [-0.39, 0.29) is 0 Å². The van der Waals surface area contributed by atoms with Crippen molar-refractivity contribution < 1.29 is 0 Å². The van der Waals surface area contributed by atoms with Gasteiger partial charge in [0.1, 0.15) is 12.3 Å². The first-order valence-corrected chi connectivity index (χ1v) is 5.01. The maximum Gasteiger partial charge on any atom is 0.108 e. The van der Waals surface area contributed by atoms with Gasteiger partial charge in [0.25, 0.3) is 0 Å². The summed E-state index contributed by atoms with van der Waals surface area (Å²) in [7, 11) is 0. The van der Waals surface area contributed by atoms with Crippen LogP contribution in [0, 0.1) is 24.5 Å². The van der Waals surface area contributed by atoms with Crippen molar-refractivity contribution in [3.05, 3.63) is 27.5 Å². The first-order chi connectivity index (χ1) is 6.24. The van der Waals surface area contributed by atoms with Crippen molar-refractivity contribution in [2.45, 2.75) is 25.7 Å². The van der Waals surface area contributed by atoms with Crippen LogP contribution < -0.4 is 0 Å². The highest BCUT2D eigenvalue weighted by Crippen LogP contribution is 2.43. The van der Waals surface area contributed by atoms with Crippen LogP contribution >= 0.6 is 15.9 Å². The second kappa shape index (κ2) is 3.12. The molecule has 0 amide bonds. The predicted molar refractivity (Wildman–Crippen MR) is 52.2 cm³/mol. The topological polar surface area (TPSA) is 36.7 Å². The van der Waals surface area contributed by atoms with Gasteiger partial charge >= 0.3 is 0 Å². The molecule has 1 saturated carbocycles. The largest absolute Gasteiger partial charge is 0.248 e. The van der Waals surface area contributed by atoms with Gasteiger partial charge in [-0.2, -0.15) is 5.26 Å². The number of hydrogen-bond acceptors (Lipinski definition) is 2. The molecule has 0 N–H and O–H groups in total. The first kappa shape index (κ1) is 8.71. The zero-order chi connectivity index (χ0) is 9.42. The van der Waals surface area contributed by atoms with Gasteiger partial charge in [-0.25, -0.2) is 4.98 Å². The number of nitriles is 1. The van der Waals surface area contributed by atoms with Crippen LogP contribution in [0.4, 0.5) is 0 Å². The summed E-state index contributed by atoms with van der Waals surface area (Å²) < 4.78 is 0.991. The zero-order valence-electron chi connectivity index (χ0n) is 7.26. The molecule has 0 unspecified atom stereocenters. The van der Waals surface area contributed by atoms with E-state index in [1.807, 2.05) is 6.92 Å². The molecule has 1 aliphatic carbocycles. The van der Waals surface area contributed by atoms with E-state index in [9.17, 15) is 0 Å². The third kappa shape index (κ3) is 1.47. The van der Waals surface area contributed by atoms with Gasteiger partial charge in [0.05, 0.1) is 11.3 Å². The van der Waals surface area contributed by atoms with E-state index in [0.29, 0.717) is 11.5 Å². The van der Waals surface area contributed by atoms with Crippen LogP contribution in [0.25, 0.3) is 0 Å². The molecule has 0 saturated heterocycles. The van der Waals surface area contributed by atoms with Gasteiger partial charge in [-0.3, -0.25) is 0 Å². The maximum atomic E-state index is 8.75. The van der Waals surface area contributed by atoms with Crippen molar-refractivity contribution in [3.8, 4) is 6.07 Å². The highest BCUT2D eigenvalue weighted by atomic mass is 79.9. The fraction of sp³-hybridized carbons (Fsp3) is 0.400. The number of rotatable bonds is 1. The number of pyridine rings is 1. The molecule has 0 bridgehead atoms. The molecule has 65 valence electrons. The molecule has 13 heavy (non-hydrogen) atoms. The van der Waals surface area contributed by atoms with Crippen molar-refractivity contribution in [3.63, 3.8) is 0 Å². The molecule has 2 nitrogen and oxygen atoms in total. The number of aromatic nitrogens is 1. The molecule has 1 radical (unpaired) electrons. The van der Waals surface area contributed by atoms with Crippen molar-refractivity contribution in [2.75, 3.05) is 0 Å². The molecule has 0 atom stereocenters. The Morgan fingerprint density at radius 2 is 2.31 bits per heavy atom. The Morgan fingerprint density at radius 3 is 2.85 bits per heavy atom. The Bertz CT molecular complexity index is 389. The Labute approximate surface area is 85.7 Å². The number of halogens is 1. The summed E-state index contributed by atoms with van der Waals surface area (Å²) in [6, 6.07) is 2.07.